The number of hydrogen-bond acceptors (Lipinski definition) is 2. The molecular weight excluding hydrogens is 286 g/mol. The summed E-state index contributed by atoms with van der Waals surface area (Å²) in [6, 6.07) is 12.7. The molecule has 0 bridgehead atoms. The first kappa shape index (κ1) is 13.5. The number of amides is 1. The van der Waals surface area contributed by atoms with E-state index in [2.05, 4.69) is 10.3 Å². The topological polar surface area (TPSA) is 70.9 Å². The second-order valence-electron chi connectivity index (χ2n) is 4.91. The van der Waals surface area contributed by atoms with Crippen LogP contribution in [0.5, 0.6) is 0 Å². The lowest BCUT2D eigenvalue weighted by atomic mass is 10.2. The quantitative estimate of drug-likeness (QED) is 0.627. The predicted molar refractivity (Wildman–Crippen MR) is 86.9 cm³/mol. The van der Waals surface area contributed by atoms with Crippen molar-refractivity contribution < 1.29 is 4.79 Å². The number of aryl methyl sites for hydroxylation is 1. The number of anilines is 2. The van der Waals surface area contributed by atoms with Gasteiger partial charge < -0.3 is 16.0 Å². The number of nitrogens with one attached hydrogen (secondary N) is 2. The number of nitrogen functional groups attached to an aromatic ring is 1. The number of H-pyrrole nitrogens is 1. The second-order valence-corrected chi connectivity index (χ2v) is 5.34. The SMILES string of the molecule is Cc1ccc(Cl)cc1NC(=O)c1cc2cccc(N)c2[nH]1. The van der Waals surface area contributed by atoms with Gasteiger partial charge in [-0.3, -0.25) is 4.79 Å². The average molecular weight is 300 g/mol. The fourth-order valence-electron chi connectivity index (χ4n) is 2.22. The molecule has 0 radical (unpaired) electrons. The third kappa shape index (κ3) is 2.58. The third-order valence-corrected chi connectivity index (χ3v) is 3.62. The minimum absolute atomic E-state index is 0.226. The number of para-hydroxylation sites is 1. The summed E-state index contributed by atoms with van der Waals surface area (Å²) in [5.41, 5.74) is 9.37. The normalized spacial score (nSPS) is 10.8. The summed E-state index contributed by atoms with van der Waals surface area (Å²) in [6.07, 6.45) is 0. The van der Waals surface area contributed by atoms with E-state index in [1.807, 2.05) is 25.1 Å². The molecule has 1 aromatic heterocycles. The maximum atomic E-state index is 12.3. The lowest BCUT2D eigenvalue weighted by Crippen LogP contribution is -2.13. The van der Waals surface area contributed by atoms with Crippen molar-refractivity contribution in [3.05, 3.63) is 58.7 Å². The molecule has 0 atom stereocenters. The molecule has 0 aliphatic heterocycles. The van der Waals surface area contributed by atoms with Gasteiger partial charge in [0.2, 0.25) is 0 Å². The molecule has 4 N–H and O–H groups in total. The number of hydrogen-bond donors (Lipinski definition) is 3. The van der Waals surface area contributed by atoms with Gasteiger partial charge in [0, 0.05) is 16.1 Å². The Labute approximate surface area is 126 Å². The summed E-state index contributed by atoms with van der Waals surface area (Å²) in [4.78, 5) is 15.4. The first-order chi connectivity index (χ1) is 10.0. The minimum Gasteiger partial charge on any atom is -0.397 e. The largest absolute Gasteiger partial charge is 0.397 e. The van der Waals surface area contributed by atoms with Gasteiger partial charge >= 0.3 is 0 Å². The number of carbonyl (C=O) groups excluding carboxylic acids is 1. The summed E-state index contributed by atoms with van der Waals surface area (Å²) < 4.78 is 0. The van der Waals surface area contributed by atoms with E-state index in [0.717, 1.165) is 16.5 Å². The van der Waals surface area contributed by atoms with Crippen LogP contribution in [0.2, 0.25) is 5.02 Å². The van der Waals surface area contributed by atoms with Crippen LogP contribution in [0.1, 0.15) is 16.1 Å². The first-order valence-corrected chi connectivity index (χ1v) is 6.87. The number of halogens is 1. The molecule has 1 heterocycles. The van der Waals surface area contributed by atoms with Crippen LogP contribution >= 0.6 is 11.6 Å². The van der Waals surface area contributed by atoms with Crippen molar-refractivity contribution in [2.24, 2.45) is 0 Å². The number of fused-ring (bicyclic) bond motifs is 1. The zero-order valence-electron chi connectivity index (χ0n) is 11.4. The van der Waals surface area contributed by atoms with Gasteiger partial charge in [0.05, 0.1) is 11.2 Å². The Morgan fingerprint density at radius 3 is 2.81 bits per heavy atom. The van der Waals surface area contributed by atoms with E-state index in [4.69, 9.17) is 17.3 Å². The number of aromatic nitrogens is 1. The fourth-order valence-corrected chi connectivity index (χ4v) is 2.39. The molecule has 1 amide bonds. The van der Waals surface area contributed by atoms with Crippen molar-refractivity contribution in [2.75, 3.05) is 11.1 Å². The highest BCUT2D eigenvalue weighted by atomic mass is 35.5. The maximum absolute atomic E-state index is 12.3. The molecule has 21 heavy (non-hydrogen) atoms. The van der Waals surface area contributed by atoms with E-state index in [1.165, 1.54) is 0 Å². The highest BCUT2D eigenvalue weighted by Gasteiger charge is 2.12. The van der Waals surface area contributed by atoms with Crippen LogP contribution in [0.25, 0.3) is 10.9 Å². The Morgan fingerprint density at radius 1 is 1.24 bits per heavy atom. The molecule has 3 aromatic rings. The van der Waals surface area contributed by atoms with E-state index >= 15 is 0 Å². The molecule has 0 saturated carbocycles. The van der Waals surface area contributed by atoms with Crippen LogP contribution in [0.4, 0.5) is 11.4 Å². The van der Waals surface area contributed by atoms with Crippen LogP contribution in [0.3, 0.4) is 0 Å². The van der Waals surface area contributed by atoms with Crippen LogP contribution in [-0.2, 0) is 0 Å². The van der Waals surface area contributed by atoms with E-state index in [0.29, 0.717) is 22.1 Å². The van der Waals surface area contributed by atoms with Gasteiger partial charge in [0.25, 0.3) is 5.91 Å². The monoisotopic (exact) mass is 299 g/mol. The van der Waals surface area contributed by atoms with Gasteiger partial charge in [-0.15, -0.1) is 0 Å². The first-order valence-electron chi connectivity index (χ1n) is 6.49. The van der Waals surface area contributed by atoms with Gasteiger partial charge in [-0.05, 0) is 36.8 Å². The van der Waals surface area contributed by atoms with Gasteiger partial charge in [0.1, 0.15) is 5.69 Å². The molecule has 0 aliphatic carbocycles. The van der Waals surface area contributed by atoms with Gasteiger partial charge in [-0.1, -0.05) is 29.8 Å². The molecule has 0 saturated heterocycles. The molecule has 0 spiro atoms. The van der Waals surface area contributed by atoms with Crippen molar-refractivity contribution in [2.45, 2.75) is 6.92 Å². The minimum atomic E-state index is -0.226. The van der Waals surface area contributed by atoms with Crippen molar-refractivity contribution in [1.82, 2.24) is 4.98 Å². The van der Waals surface area contributed by atoms with E-state index < -0.39 is 0 Å². The lowest BCUT2D eigenvalue weighted by Gasteiger charge is -2.07. The third-order valence-electron chi connectivity index (χ3n) is 3.38. The van der Waals surface area contributed by atoms with Crippen molar-refractivity contribution in [3.63, 3.8) is 0 Å². The standard InChI is InChI=1S/C16H14ClN3O/c1-9-5-6-11(17)8-13(9)20-16(21)14-7-10-3-2-4-12(18)15(10)19-14/h2-8,19H,18H2,1H3,(H,20,21). The number of nitrogens with two attached hydrogens (primary N) is 1. The molecule has 0 unspecified atom stereocenters. The van der Waals surface area contributed by atoms with Crippen molar-refractivity contribution in [1.29, 1.82) is 0 Å². The van der Waals surface area contributed by atoms with Gasteiger partial charge in [0.15, 0.2) is 0 Å². The van der Waals surface area contributed by atoms with Gasteiger partial charge in [-0.25, -0.2) is 0 Å². The van der Waals surface area contributed by atoms with E-state index in [-0.39, 0.29) is 5.91 Å². The summed E-state index contributed by atoms with van der Waals surface area (Å²) in [6.45, 7) is 1.91. The predicted octanol–water partition coefficient (Wildman–Crippen LogP) is 3.96. The summed E-state index contributed by atoms with van der Waals surface area (Å²) in [5, 5.41) is 4.34. The Morgan fingerprint density at radius 2 is 2.05 bits per heavy atom. The highest BCUT2D eigenvalue weighted by Crippen LogP contribution is 2.23. The molecule has 106 valence electrons. The summed E-state index contributed by atoms with van der Waals surface area (Å²) in [7, 11) is 0. The Hall–Kier alpha value is -2.46. The number of benzene rings is 2. The highest BCUT2D eigenvalue weighted by molar-refractivity contribution is 6.31. The smallest absolute Gasteiger partial charge is 0.272 e. The molecule has 3 rings (SSSR count). The number of rotatable bonds is 2. The second kappa shape index (κ2) is 5.14. The van der Waals surface area contributed by atoms with Crippen molar-refractivity contribution >= 4 is 39.8 Å². The number of carbonyl (C=O) groups is 1. The lowest BCUT2D eigenvalue weighted by molar-refractivity contribution is 0.102. The molecule has 4 nitrogen and oxygen atoms in total. The van der Waals surface area contributed by atoms with Gasteiger partial charge in [-0.2, -0.15) is 0 Å². The summed E-state index contributed by atoms with van der Waals surface area (Å²) in [5.74, 6) is -0.226. The van der Waals surface area contributed by atoms with Crippen LogP contribution in [0.15, 0.2) is 42.5 Å². The zero-order valence-corrected chi connectivity index (χ0v) is 12.2. The van der Waals surface area contributed by atoms with Crippen LogP contribution in [0, 0.1) is 6.92 Å². The molecular formula is C16H14ClN3O. The zero-order chi connectivity index (χ0) is 15.0. The van der Waals surface area contributed by atoms with E-state index in [1.54, 1.807) is 24.3 Å². The Kier molecular flexibility index (Phi) is 3.31. The molecule has 0 aliphatic rings. The van der Waals surface area contributed by atoms with E-state index in [9.17, 15) is 4.79 Å². The molecule has 2 aromatic carbocycles. The Bertz CT molecular complexity index is 839. The summed E-state index contributed by atoms with van der Waals surface area (Å²) >= 11 is 5.96. The molecule has 0 fully saturated rings. The fraction of sp³-hybridized carbons (Fsp3) is 0.0625. The number of aromatic amines is 1. The average Bonchev–Trinajstić information content (AvgIpc) is 2.88. The molecule has 5 heteroatoms. The maximum Gasteiger partial charge on any atom is 0.272 e. The van der Waals surface area contributed by atoms with Crippen LogP contribution < -0.4 is 11.1 Å². The van der Waals surface area contributed by atoms with Crippen LogP contribution in [-0.4, -0.2) is 10.9 Å². The van der Waals surface area contributed by atoms with Crippen molar-refractivity contribution in [3.8, 4) is 0 Å². The Balaban J connectivity index is 1.93.